The molecule has 3 aromatic rings. The second-order valence-electron chi connectivity index (χ2n) is 5.72. The summed E-state index contributed by atoms with van der Waals surface area (Å²) in [5, 5.41) is 6.07. The second kappa shape index (κ2) is 7.53. The summed E-state index contributed by atoms with van der Waals surface area (Å²) in [5.41, 5.74) is 3.37. The van der Waals surface area contributed by atoms with Crippen molar-refractivity contribution < 1.29 is 4.79 Å². The van der Waals surface area contributed by atoms with E-state index in [1.54, 1.807) is 25.4 Å². The van der Waals surface area contributed by atoms with E-state index in [1.165, 1.54) is 0 Å². The van der Waals surface area contributed by atoms with Gasteiger partial charge in [-0.1, -0.05) is 12.1 Å². The minimum Gasteiger partial charge on any atom is -0.347 e. The quantitative estimate of drug-likeness (QED) is 0.750. The van der Waals surface area contributed by atoms with Gasteiger partial charge >= 0.3 is 0 Å². The Morgan fingerprint density at radius 1 is 1.04 bits per heavy atom. The van der Waals surface area contributed by atoms with E-state index in [9.17, 15) is 4.79 Å². The summed E-state index contributed by atoms with van der Waals surface area (Å²) in [5.74, 6) is 0.883. The van der Waals surface area contributed by atoms with Crippen LogP contribution < -0.4 is 10.6 Å². The molecule has 126 valence electrons. The zero-order valence-corrected chi connectivity index (χ0v) is 14.2. The zero-order valence-electron chi connectivity index (χ0n) is 14.2. The lowest BCUT2D eigenvalue weighted by Crippen LogP contribution is -2.24. The first-order valence-corrected chi connectivity index (χ1v) is 7.96. The van der Waals surface area contributed by atoms with Gasteiger partial charge < -0.3 is 10.6 Å². The average molecular weight is 333 g/mol. The van der Waals surface area contributed by atoms with Crippen LogP contribution in [0.5, 0.6) is 0 Å². The number of aryl methyl sites for hydroxylation is 2. The summed E-state index contributed by atoms with van der Waals surface area (Å²) >= 11 is 0. The van der Waals surface area contributed by atoms with E-state index in [1.807, 2.05) is 43.3 Å². The Kier molecular flexibility index (Phi) is 4.99. The average Bonchev–Trinajstić information content (AvgIpc) is 2.60. The monoisotopic (exact) mass is 333 g/mol. The second-order valence-corrected chi connectivity index (χ2v) is 5.72. The Labute approximate surface area is 146 Å². The fraction of sp³-hybridized carbons (Fsp3) is 0.158. The van der Waals surface area contributed by atoms with Crippen molar-refractivity contribution in [2.75, 3.05) is 5.32 Å². The van der Waals surface area contributed by atoms with Crippen LogP contribution in [0.1, 0.15) is 27.4 Å². The lowest BCUT2D eigenvalue weighted by Gasteiger charge is -2.10. The number of carbonyl (C=O) groups excluding carboxylic acids is 1. The predicted molar refractivity (Wildman–Crippen MR) is 96.6 cm³/mol. The number of rotatable bonds is 5. The highest BCUT2D eigenvalue weighted by molar-refractivity contribution is 5.93. The Morgan fingerprint density at radius 3 is 2.60 bits per heavy atom. The highest BCUT2D eigenvalue weighted by atomic mass is 16.1. The van der Waals surface area contributed by atoms with Crippen LogP contribution in [0.25, 0.3) is 0 Å². The van der Waals surface area contributed by atoms with E-state index < -0.39 is 0 Å². The van der Waals surface area contributed by atoms with Gasteiger partial charge in [0.05, 0.1) is 0 Å². The van der Waals surface area contributed by atoms with Crippen molar-refractivity contribution >= 4 is 17.4 Å². The third-order valence-corrected chi connectivity index (χ3v) is 3.56. The fourth-order valence-corrected chi connectivity index (χ4v) is 2.39. The predicted octanol–water partition coefficient (Wildman–Crippen LogP) is 3.16. The molecule has 2 N–H and O–H groups in total. The van der Waals surface area contributed by atoms with Crippen molar-refractivity contribution in [2.45, 2.75) is 20.4 Å². The summed E-state index contributed by atoms with van der Waals surface area (Å²) in [7, 11) is 0. The van der Waals surface area contributed by atoms with Gasteiger partial charge in [-0.2, -0.15) is 0 Å². The van der Waals surface area contributed by atoms with Crippen LogP contribution >= 0.6 is 0 Å². The third-order valence-electron chi connectivity index (χ3n) is 3.56. The molecule has 1 aromatic carbocycles. The molecular weight excluding hydrogens is 314 g/mol. The van der Waals surface area contributed by atoms with Crippen LogP contribution in [0.15, 0.2) is 54.9 Å². The highest BCUT2D eigenvalue weighted by Crippen LogP contribution is 2.16. The number of hydrogen-bond donors (Lipinski definition) is 2. The summed E-state index contributed by atoms with van der Waals surface area (Å²) < 4.78 is 0. The van der Waals surface area contributed by atoms with Crippen LogP contribution in [0.4, 0.5) is 11.5 Å². The molecule has 2 heterocycles. The highest BCUT2D eigenvalue weighted by Gasteiger charge is 2.10. The van der Waals surface area contributed by atoms with E-state index in [0.717, 1.165) is 16.8 Å². The van der Waals surface area contributed by atoms with E-state index in [0.29, 0.717) is 23.9 Å². The van der Waals surface area contributed by atoms with Crippen molar-refractivity contribution in [1.82, 2.24) is 20.3 Å². The molecule has 3 rings (SSSR count). The molecule has 2 aromatic heterocycles. The number of nitrogens with zero attached hydrogens (tertiary/aromatic N) is 3. The Morgan fingerprint density at radius 2 is 1.84 bits per heavy atom. The van der Waals surface area contributed by atoms with Crippen molar-refractivity contribution in [3.05, 3.63) is 77.5 Å². The van der Waals surface area contributed by atoms with Gasteiger partial charge in [-0.05, 0) is 49.2 Å². The number of carbonyl (C=O) groups is 1. The summed E-state index contributed by atoms with van der Waals surface area (Å²) in [4.78, 5) is 24.9. The molecule has 6 nitrogen and oxygen atoms in total. The molecule has 0 unspecified atom stereocenters. The van der Waals surface area contributed by atoms with Crippen LogP contribution in [-0.2, 0) is 6.54 Å². The van der Waals surface area contributed by atoms with E-state index >= 15 is 0 Å². The standard InChI is InChI=1S/C19H19N5O/c1-13-4-3-5-16(10-13)24-18-11-17(22-14(2)23-18)19(25)21-12-15-6-8-20-9-7-15/h3-11H,12H2,1-2H3,(H,21,25)(H,22,23,24). The van der Waals surface area contributed by atoms with Crippen molar-refractivity contribution in [2.24, 2.45) is 0 Å². The Balaban J connectivity index is 1.73. The molecule has 0 bridgehead atoms. The van der Waals surface area contributed by atoms with Gasteiger partial charge in [0.1, 0.15) is 17.3 Å². The van der Waals surface area contributed by atoms with Crippen molar-refractivity contribution in [1.29, 1.82) is 0 Å². The van der Waals surface area contributed by atoms with Gasteiger partial charge in [-0.15, -0.1) is 0 Å². The maximum Gasteiger partial charge on any atom is 0.270 e. The number of benzene rings is 1. The molecule has 0 saturated heterocycles. The molecule has 0 aliphatic heterocycles. The van der Waals surface area contributed by atoms with Crippen LogP contribution in [0.2, 0.25) is 0 Å². The first-order valence-electron chi connectivity index (χ1n) is 7.96. The summed E-state index contributed by atoms with van der Waals surface area (Å²) in [6, 6.07) is 13.3. The summed E-state index contributed by atoms with van der Waals surface area (Å²) in [6.45, 7) is 4.21. The lowest BCUT2D eigenvalue weighted by molar-refractivity contribution is 0.0945. The van der Waals surface area contributed by atoms with Crippen LogP contribution in [0.3, 0.4) is 0 Å². The molecule has 0 radical (unpaired) electrons. The maximum absolute atomic E-state index is 12.4. The minimum atomic E-state index is -0.241. The first kappa shape index (κ1) is 16.6. The molecule has 25 heavy (non-hydrogen) atoms. The molecule has 1 amide bonds. The molecular formula is C19H19N5O. The molecule has 0 atom stereocenters. The topological polar surface area (TPSA) is 79.8 Å². The number of hydrogen-bond acceptors (Lipinski definition) is 5. The van der Waals surface area contributed by atoms with Gasteiger partial charge in [0.25, 0.3) is 5.91 Å². The lowest BCUT2D eigenvalue weighted by atomic mass is 10.2. The van der Waals surface area contributed by atoms with Crippen molar-refractivity contribution in [3.63, 3.8) is 0 Å². The van der Waals surface area contributed by atoms with Gasteiger partial charge in [-0.25, -0.2) is 9.97 Å². The molecule has 0 fully saturated rings. The van der Waals surface area contributed by atoms with Gasteiger partial charge in [0.15, 0.2) is 0 Å². The largest absolute Gasteiger partial charge is 0.347 e. The SMILES string of the molecule is Cc1cccc(Nc2cc(C(=O)NCc3ccncc3)nc(C)n2)c1. The number of amides is 1. The molecule has 0 aliphatic carbocycles. The smallest absolute Gasteiger partial charge is 0.270 e. The third kappa shape index (κ3) is 4.60. The molecule has 0 aliphatic rings. The minimum absolute atomic E-state index is 0.241. The van der Waals surface area contributed by atoms with E-state index in [-0.39, 0.29) is 5.91 Å². The Bertz CT molecular complexity index is 880. The number of aromatic nitrogens is 3. The van der Waals surface area contributed by atoms with E-state index in [2.05, 4.69) is 25.6 Å². The summed E-state index contributed by atoms with van der Waals surface area (Å²) in [6.07, 6.45) is 3.39. The molecule has 0 spiro atoms. The Hall–Kier alpha value is -3.28. The zero-order chi connectivity index (χ0) is 17.6. The van der Waals surface area contributed by atoms with Gasteiger partial charge in [0.2, 0.25) is 0 Å². The first-order chi connectivity index (χ1) is 12.1. The van der Waals surface area contributed by atoms with E-state index in [4.69, 9.17) is 0 Å². The number of pyridine rings is 1. The number of nitrogens with one attached hydrogen (secondary N) is 2. The van der Waals surface area contributed by atoms with Crippen LogP contribution in [-0.4, -0.2) is 20.9 Å². The normalized spacial score (nSPS) is 10.3. The van der Waals surface area contributed by atoms with Gasteiger partial charge in [-0.3, -0.25) is 9.78 Å². The molecule has 6 heteroatoms. The molecule has 0 saturated carbocycles. The van der Waals surface area contributed by atoms with Gasteiger partial charge in [0, 0.05) is 30.7 Å². The van der Waals surface area contributed by atoms with Crippen LogP contribution in [0, 0.1) is 13.8 Å². The fourth-order valence-electron chi connectivity index (χ4n) is 2.39. The number of anilines is 2. The van der Waals surface area contributed by atoms with Crippen molar-refractivity contribution in [3.8, 4) is 0 Å². The maximum atomic E-state index is 12.4.